The van der Waals surface area contributed by atoms with E-state index in [9.17, 15) is 8.42 Å². The Labute approximate surface area is 129 Å². The summed E-state index contributed by atoms with van der Waals surface area (Å²) in [5.74, 6) is 0.346. The third kappa shape index (κ3) is 5.48. The summed E-state index contributed by atoms with van der Waals surface area (Å²) in [5, 5.41) is -0.00650. The summed E-state index contributed by atoms with van der Waals surface area (Å²) in [5.41, 5.74) is 0.934. The van der Waals surface area contributed by atoms with Gasteiger partial charge in [-0.2, -0.15) is 0 Å². The van der Waals surface area contributed by atoms with E-state index in [4.69, 9.17) is 4.43 Å². The van der Waals surface area contributed by atoms with E-state index >= 15 is 0 Å². The van der Waals surface area contributed by atoms with E-state index in [1.807, 2.05) is 6.92 Å². The molecule has 1 rings (SSSR count). The standard InChI is InChI=1S/C14H26N2O3SSi/c1-11-8-15-13(16-9-11)12(10-20(5,17)18)19-21(6,7)14(2,3)4/h8-9,12H,10H2,1-7H3. The topological polar surface area (TPSA) is 69.2 Å². The van der Waals surface area contributed by atoms with Crippen LogP contribution in [0.1, 0.15) is 38.3 Å². The molecule has 0 N–H and O–H groups in total. The molecule has 1 unspecified atom stereocenters. The molecule has 5 nitrogen and oxygen atoms in total. The van der Waals surface area contributed by atoms with Crippen molar-refractivity contribution in [1.29, 1.82) is 0 Å². The molecular formula is C14H26N2O3SSi. The maximum atomic E-state index is 11.7. The van der Waals surface area contributed by atoms with Crippen LogP contribution in [0.15, 0.2) is 12.4 Å². The first-order valence-electron chi connectivity index (χ1n) is 6.96. The van der Waals surface area contributed by atoms with Crippen molar-refractivity contribution in [3.63, 3.8) is 0 Å². The van der Waals surface area contributed by atoms with E-state index in [-0.39, 0.29) is 10.8 Å². The van der Waals surface area contributed by atoms with Gasteiger partial charge in [-0.3, -0.25) is 0 Å². The van der Waals surface area contributed by atoms with Gasteiger partial charge in [0.05, 0.1) is 5.75 Å². The Morgan fingerprint density at radius 3 is 2.10 bits per heavy atom. The van der Waals surface area contributed by atoms with Crippen LogP contribution < -0.4 is 0 Å². The Kier molecular flexibility index (Phi) is 5.34. The second kappa shape index (κ2) is 6.14. The quantitative estimate of drug-likeness (QED) is 0.776. The molecule has 0 aliphatic rings. The average Bonchev–Trinajstić information content (AvgIpc) is 2.25. The second-order valence-corrected chi connectivity index (χ2v) is 14.0. The average molecular weight is 331 g/mol. The fourth-order valence-corrected chi connectivity index (χ4v) is 3.68. The lowest BCUT2D eigenvalue weighted by Gasteiger charge is -2.38. The van der Waals surface area contributed by atoms with Gasteiger partial charge >= 0.3 is 0 Å². The predicted octanol–water partition coefficient (Wildman–Crippen LogP) is 2.89. The molecule has 0 saturated carbocycles. The molecule has 0 saturated heterocycles. The number of aryl methyl sites for hydroxylation is 1. The van der Waals surface area contributed by atoms with Gasteiger partial charge in [-0.1, -0.05) is 20.8 Å². The summed E-state index contributed by atoms with van der Waals surface area (Å²) >= 11 is 0. The first-order valence-corrected chi connectivity index (χ1v) is 11.9. The minimum atomic E-state index is -3.18. The van der Waals surface area contributed by atoms with Crippen molar-refractivity contribution >= 4 is 18.2 Å². The second-order valence-electron chi connectivity index (χ2n) is 7.08. The molecule has 0 spiro atoms. The SMILES string of the molecule is Cc1cnc(C(CS(C)(=O)=O)O[Si](C)(C)C(C)(C)C)nc1. The highest BCUT2D eigenvalue weighted by Gasteiger charge is 2.40. The van der Waals surface area contributed by atoms with Crippen molar-refractivity contribution in [2.24, 2.45) is 0 Å². The largest absolute Gasteiger partial charge is 0.406 e. The van der Waals surface area contributed by atoms with Crippen LogP contribution in [-0.2, 0) is 14.3 Å². The molecule has 120 valence electrons. The van der Waals surface area contributed by atoms with Gasteiger partial charge in [-0.25, -0.2) is 18.4 Å². The van der Waals surface area contributed by atoms with E-state index in [1.165, 1.54) is 6.26 Å². The number of nitrogens with zero attached hydrogens (tertiary/aromatic N) is 2. The molecule has 0 aromatic carbocycles. The Morgan fingerprint density at radius 1 is 1.24 bits per heavy atom. The zero-order valence-electron chi connectivity index (χ0n) is 14.0. The molecule has 0 aliphatic heterocycles. The predicted molar refractivity (Wildman–Crippen MR) is 87.5 cm³/mol. The van der Waals surface area contributed by atoms with E-state index < -0.39 is 24.3 Å². The minimum Gasteiger partial charge on any atom is -0.406 e. The lowest BCUT2D eigenvalue weighted by molar-refractivity contribution is 0.195. The Morgan fingerprint density at radius 2 is 1.71 bits per heavy atom. The molecule has 0 fully saturated rings. The summed E-state index contributed by atoms with van der Waals surface area (Å²) in [4.78, 5) is 8.50. The fourth-order valence-electron chi connectivity index (χ4n) is 1.54. The molecule has 0 radical (unpaired) electrons. The van der Waals surface area contributed by atoms with Gasteiger partial charge in [0.25, 0.3) is 0 Å². The van der Waals surface area contributed by atoms with Crippen LogP contribution in [0.4, 0.5) is 0 Å². The van der Waals surface area contributed by atoms with E-state index in [2.05, 4.69) is 43.8 Å². The van der Waals surface area contributed by atoms with Crippen LogP contribution in [0.5, 0.6) is 0 Å². The minimum absolute atomic E-state index is 0.00650. The zero-order chi connectivity index (χ0) is 16.5. The van der Waals surface area contributed by atoms with Crippen LogP contribution in [0.2, 0.25) is 18.1 Å². The molecule has 21 heavy (non-hydrogen) atoms. The molecule has 1 aromatic rings. The third-order valence-corrected chi connectivity index (χ3v) is 9.18. The smallest absolute Gasteiger partial charge is 0.193 e. The van der Waals surface area contributed by atoms with Crippen LogP contribution in [0.25, 0.3) is 0 Å². The van der Waals surface area contributed by atoms with Gasteiger partial charge < -0.3 is 4.43 Å². The van der Waals surface area contributed by atoms with Gasteiger partial charge in [0.1, 0.15) is 15.9 Å². The highest BCUT2D eigenvalue weighted by atomic mass is 32.2. The number of sulfone groups is 1. The summed E-state index contributed by atoms with van der Waals surface area (Å²) in [7, 11) is -5.29. The third-order valence-electron chi connectivity index (χ3n) is 3.79. The first kappa shape index (κ1) is 18.3. The highest BCUT2D eigenvalue weighted by Crippen LogP contribution is 2.39. The van der Waals surface area contributed by atoms with Crippen molar-refractivity contribution in [1.82, 2.24) is 9.97 Å². The lowest BCUT2D eigenvalue weighted by Crippen LogP contribution is -2.43. The summed E-state index contributed by atoms with van der Waals surface area (Å²) < 4.78 is 29.6. The van der Waals surface area contributed by atoms with Crippen molar-refractivity contribution in [2.45, 2.75) is 51.9 Å². The van der Waals surface area contributed by atoms with E-state index in [0.29, 0.717) is 5.82 Å². The Balaban J connectivity index is 3.12. The molecule has 0 bridgehead atoms. The summed E-state index contributed by atoms with van der Waals surface area (Å²) in [6.45, 7) is 12.4. The van der Waals surface area contributed by atoms with E-state index in [1.54, 1.807) is 12.4 Å². The molecule has 0 aliphatic carbocycles. The van der Waals surface area contributed by atoms with Gasteiger partial charge in [0.2, 0.25) is 0 Å². The van der Waals surface area contributed by atoms with Crippen molar-refractivity contribution in [3.05, 3.63) is 23.8 Å². The van der Waals surface area contributed by atoms with Gasteiger partial charge in [0.15, 0.2) is 14.1 Å². The molecular weight excluding hydrogens is 304 g/mol. The molecule has 1 atom stereocenters. The lowest BCUT2D eigenvalue weighted by atomic mass is 10.2. The maximum Gasteiger partial charge on any atom is 0.193 e. The fraction of sp³-hybridized carbons (Fsp3) is 0.714. The molecule has 7 heteroatoms. The Hall–Kier alpha value is -0.793. The van der Waals surface area contributed by atoms with Gasteiger partial charge in [-0.05, 0) is 30.6 Å². The number of hydrogen-bond acceptors (Lipinski definition) is 5. The van der Waals surface area contributed by atoms with Crippen LogP contribution >= 0.6 is 0 Å². The molecule has 1 heterocycles. The maximum absolute atomic E-state index is 11.7. The molecule has 1 aromatic heterocycles. The first-order chi connectivity index (χ1) is 9.32. The molecule has 0 amide bonds. The van der Waals surface area contributed by atoms with Crippen molar-refractivity contribution in [2.75, 3.05) is 12.0 Å². The monoisotopic (exact) mass is 330 g/mol. The van der Waals surface area contributed by atoms with Crippen molar-refractivity contribution in [3.8, 4) is 0 Å². The van der Waals surface area contributed by atoms with Crippen LogP contribution in [0.3, 0.4) is 0 Å². The Bertz CT molecular complexity index is 577. The van der Waals surface area contributed by atoms with Gasteiger partial charge in [-0.15, -0.1) is 0 Å². The zero-order valence-corrected chi connectivity index (χ0v) is 15.8. The summed E-state index contributed by atoms with van der Waals surface area (Å²) in [6.07, 6.45) is 3.98. The van der Waals surface area contributed by atoms with Crippen LogP contribution in [-0.4, -0.2) is 38.7 Å². The number of aromatic nitrogens is 2. The number of hydrogen-bond donors (Lipinski definition) is 0. The van der Waals surface area contributed by atoms with Gasteiger partial charge in [0, 0.05) is 18.6 Å². The highest BCUT2D eigenvalue weighted by molar-refractivity contribution is 7.90. The summed E-state index contributed by atoms with van der Waals surface area (Å²) in [6, 6.07) is 0. The van der Waals surface area contributed by atoms with Crippen molar-refractivity contribution < 1.29 is 12.8 Å². The number of rotatable bonds is 5. The van der Waals surface area contributed by atoms with Crippen LogP contribution in [0, 0.1) is 6.92 Å². The van der Waals surface area contributed by atoms with E-state index in [0.717, 1.165) is 5.56 Å². The normalized spacial score (nSPS) is 15.0.